The number of hydrogen-bond acceptors (Lipinski definition) is 5. The first kappa shape index (κ1) is 24.2. The number of pyridine rings is 1. The van der Waals surface area contributed by atoms with E-state index in [0.29, 0.717) is 61.8 Å². The van der Waals surface area contributed by atoms with Gasteiger partial charge in [-0.25, -0.2) is 0 Å². The lowest BCUT2D eigenvalue weighted by molar-refractivity contribution is -0.136. The zero-order valence-electron chi connectivity index (χ0n) is 20.8. The summed E-state index contributed by atoms with van der Waals surface area (Å²) >= 11 is 0. The first-order valence-corrected chi connectivity index (χ1v) is 12.8. The number of ether oxygens (including phenoxy) is 1. The average molecular weight is 492 g/mol. The van der Waals surface area contributed by atoms with E-state index in [2.05, 4.69) is 5.10 Å². The highest BCUT2D eigenvalue weighted by Gasteiger charge is 2.32. The number of hydrogen-bond donors (Lipinski definition) is 0. The van der Waals surface area contributed by atoms with Gasteiger partial charge in [-0.05, 0) is 31.4 Å². The molecule has 2 amide bonds. The van der Waals surface area contributed by atoms with Crippen LogP contribution in [0, 0.1) is 5.92 Å². The van der Waals surface area contributed by atoms with E-state index < -0.39 is 0 Å². The Bertz CT molecular complexity index is 1240. The molecule has 36 heavy (non-hydrogen) atoms. The minimum absolute atomic E-state index is 0.143. The number of nitrogens with zero attached hydrogens (tertiary/aromatic N) is 5. The summed E-state index contributed by atoms with van der Waals surface area (Å²) in [5.74, 6) is 0.214. The Morgan fingerprint density at radius 2 is 1.69 bits per heavy atom. The molecule has 9 heteroatoms. The average Bonchev–Trinajstić information content (AvgIpc) is 3.57. The van der Waals surface area contributed by atoms with Crippen LogP contribution >= 0.6 is 0 Å². The molecule has 0 spiro atoms. The van der Waals surface area contributed by atoms with Gasteiger partial charge in [0.1, 0.15) is 5.69 Å². The molecule has 9 nitrogen and oxygen atoms in total. The summed E-state index contributed by atoms with van der Waals surface area (Å²) in [4.78, 5) is 43.5. The molecule has 0 aromatic heterocycles. The van der Waals surface area contributed by atoms with E-state index in [9.17, 15) is 14.4 Å². The Labute approximate surface area is 210 Å². The molecule has 5 rings (SSSR count). The van der Waals surface area contributed by atoms with Crippen molar-refractivity contribution in [2.45, 2.75) is 38.6 Å². The molecular formula is C27H33N5O4. The van der Waals surface area contributed by atoms with Gasteiger partial charge in [0.15, 0.2) is 0 Å². The summed E-state index contributed by atoms with van der Waals surface area (Å²) in [6.07, 6.45) is 8.52. The van der Waals surface area contributed by atoms with Crippen LogP contribution in [0.3, 0.4) is 0 Å². The molecule has 0 N–H and O–H groups in total. The first-order valence-electron chi connectivity index (χ1n) is 12.8. The SMILES string of the molecule is COCCCn1cc(C(=O)N2CCN(C(=O)C3CCCC3)CC2)c2nn(-c3ccccc3)c(=O)c-2c1. The molecular weight excluding hydrogens is 458 g/mol. The van der Waals surface area contributed by atoms with Crippen molar-refractivity contribution in [2.75, 3.05) is 39.9 Å². The Kier molecular flexibility index (Phi) is 7.18. The molecule has 1 aromatic rings. The van der Waals surface area contributed by atoms with Crippen molar-refractivity contribution < 1.29 is 14.3 Å². The van der Waals surface area contributed by atoms with Crippen molar-refractivity contribution >= 4 is 11.8 Å². The fraction of sp³-hybridized carbons (Fsp3) is 0.481. The maximum atomic E-state index is 13.7. The summed E-state index contributed by atoms with van der Waals surface area (Å²) in [6, 6.07) is 9.23. The number of rotatable bonds is 7. The van der Waals surface area contributed by atoms with Crippen molar-refractivity contribution in [3.63, 3.8) is 0 Å². The van der Waals surface area contributed by atoms with Crippen LogP contribution in [0.15, 0.2) is 47.5 Å². The Balaban J connectivity index is 1.42. The van der Waals surface area contributed by atoms with Crippen molar-refractivity contribution in [1.82, 2.24) is 24.1 Å². The number of carbonyl (C=O) groups excluding carboxylic acids is 2. The molecule has 0 bridgehead atoms. The van der Waals surface area contributed by atoms with Crippen LogP contribution in [0.5, 0.6) is 0 Å². The Hall–Kier alpha value is -3.46. The van der Waals surface area contributed by atoms with Gasteiger partial charge in [-0.3, -0.25) is 14.4 Å². The van der Waals surface area contributed by atoms with Gasteiger partial charge in [0.05, 0.1) is 16.8 Å². The van der Waals surface area contributed by atoms with Crippen molar-refractivity contribution in [3.05, 3.63) is 58.6 Å². The van der Waals surface area contributed by atoms with E-state index in [1.165, 1.54) is 4.68 Å². The summed E-state index contributed by atoms with van der Waals surface area (Å²) < 4.78 is 8.42. The van der Waals surface area contributed by atoms with Gasteiger partial charge in [0.2, 0.25) is 5.91 Å². The highest BCUT2D eigenvalue weighted by atomic mass is 16.5. The predicted molar refractivity (Wildman–Crippen MR) is 135 cm³/mol. The molecule has 0 unspecified atom stereocenters. The lowest BCUT2D eigenvalue weighted by Gasteiger charge is -2.36. The highest BCUT2D eigenvalue weighted by Crippen LogP contribution is 2.28. The third-order valence-corrected chi connectivity index (χ3v) is 7.30. The first-order chi connectivity index (χ1) is 17.6. The van der Waals surface area contributed by atoms with Crippen molar-refractivity contribution in [2.24, 2.45) is 5.92 Å². The van der Waals surface area contributed by atoms with E-state index in [0.717, 1.165) is 32.1 Å². The maximum Gasteiger partial charge on any atom is 0.282 e. The van der Waals surface area contributed by atoms with Crippen LogP contribution in [-0.4, -0.2) is 75.9 Å². The lowest BCUT2D eigenvalue weighted by Crippen LogP contribution is -2.51. The van der Waals surface area contributed by atoms with Crippen LogP contribution in [-0.2, 0) is 16.1 Å². The van der Waals surface area contributed by atoms with E-state index in [-0.39, 0.29) is 23.3 Å². The topological polar surface area (TPSA) is 89.7 Å². The van der Waals surface area contributed by atoms with Crippen LogP contribution in [0.2, 0.25) is 0 Å². The smallest absolute Gasteiger partial charge is 0.282 e. The van der Waals surface area contributed by atoms with E-state index in [4.69, 9.17) is 4.74 Å². The van der Waals surface area contributed by atoms with Gasteiger partial charge in [-0.1, -0.05) is 31.0 Å². The lowest BCUT2D eigenvalue weighted by atomic mass is 10.1. The van der Waals surface area contributed by atoms with Crippen LogP contribution < -0.4 is 5.56 Å². The van der Waals surface area contributed by atoms with Gasteiger partial charge in [0, 0.05) is 64.8 Å². The molecule has 1 saturated carbocycles. The van der Waals surface area contributed by atoms with E-state index >= 15 is 0 Å². The van der Waals surface area contributed by atoms with Gasteiger partial charge >= 0.3 is 0 Å². The molecule has 4 aliphatic rings. The molecule has 1 saturated heterocycles. The summed E-state index contributed by atoms with van der Waals surface area (Å²) in [6.45, 7) is 3.22. The Morgan fingerprint density at radius 3 is 2.39 bits per heavy atom. The van der Waals surface area contributed by atoms with Crippen LogP contribution in [0.25, 0.3) is 16.9 Å². The molecule has 3 aliphatic heterocycles. The molecule has 3 heterocycles. The van der Waals surface area contributed by atoms with E-state index in [1.807, 2.05) is 39.8 Å². The van der Waals surface area contributed by atoms with Crippen molar-refractivity contribution in [1.29, 1.82) is 0 Å². The maximum absolute atomic E-state index is 13.7. The molecule has 2 fully saturated rings. The number of carbonyl (C=O) groups is 2. The second kappa shape index (κ2) is 10.7. The Morgan fingerprint density at radius 1 is 1.00 bits per heavy atom. The molecule has 190 valence electrons. The zero-order chi connectivity index (χ0) is 25.1. The highest BCUT2D eigenvalue weighted by molar-refractivity contribution is 6.00. The monoisotopic (exact) mass is 491 g/mol. The van der Waals surface area contributed by atoms with Crippen LogP contribution in [0.4, 0.5) is 0 Å². The van der Waals surface area contributed by atoms with E-state index in [1.54, 1.807) is 24.4 Å². The largest absolute Gasteiger partial charge is 0.385 e. The summed E-state index contributed by atoms with van der Waals surface area (Å²) in [5, 5.41) is 4.59. The molecule has 1 aliphatic carbocycles. The number of amides is 2. The third kappa shape index (κ3) is 4.80. The quantitative estimate of drug-likeness (QED) is 0.474. The molecule has 0 radical (unpaired) electrons. The number of para-hydroxylation sites is 1. The fourth-order valence-electron chi connectivity index (χ4n) is 5.31. The third-order valence-electron chi connectivity index (χ3n) is 7.30. The van der Waals surface area contributed by atoms with Gasteiger partial charge in [0.25, 0.3) is 11.5 Å². The standard InChI is InChI=1S/C27H33N5O4/c1-36-17-7-12-29-18-22(24-23(19-29)27(35)32(28-24)21-10-3-2-4-11-21)26(34)31-15-13-30(14-16-31)25(33)20-8-5-6-9-20/h2-4,10-11,18-20H,5-9,12-17H2,1H3. The summed E-state index contributed by atoms with van der Waals surface area (Å²) in [5.41, 5.74) is 1.63. The van der Waals surface area contributed by atoms with Gasteiger partial charge in [-0.2, -0.15) is 9.78 Å². The van der Waals surface area contributed by atoms with Crippen LogP contribution in [0.1, 0.15) is 42.5 Å². The van der Waals surface area contributed by atoms with Gasteiger partial charge in [-0.15, -0.1) is 0 Å². The minimum atomic E-state index is -0.252. The molecule has 1 aromatic carbocycles. The number of benzene rings is 1. The number of fused-ring (bicyclic) bond motifs is 1. The fourth-order valence-corrected chi connectivity index (χ4v) is 5.31. The number of methoxy groups -OCH3 is 1. The summed E-state index contributed by atoms with van der Waals surface area (Å²) in [7, 11) is 1.65. The number of piperazine rings is 1. The number of aryl methyl sites for hydroxylation is 1. The normalized spacial score (nSPS) is 16.7. The van der Waals surface area contributed by atoms with Crippen molar-refractivity contribution in [3.8, 4) is 16.9 Å². The number of aromatic nitrogens is 3. The second-order valence-electron chi connectivity index (χ2n) is 9.67. The molecule has 0 atom stereocenters. The zero-order valence-corrected chi connectivity index (χ0v) is 20.8. The van der Waals surface area contributed by atoms with Gasteiger partial charge < -0.3 is 19.1 Å². The predicted octanol–water partition coefficient (Wildman–Crippen LogP) is 2.65. The minimum Gasteiger partial charge on any atom is -0.385 e. The second-order valence-corrected chi connectivity index (χ2v) is 9.67.